The summed E-state index contributed by atoms with van der Waals surface area (Å²) in [5.74, 6) is -1.77. The predicted molar refractivity (Wildman–Crippen MR) is 108 cm³/mol. The zero-order chi connectivity index (χ0) is 20.1. The molecule has 3 aromatic carbocycles. The van der Waals surface area contributed by atoms with Crippen LogP contribution in [0.15, 0.2) is 66.7 Å². The molecule has 0 aromatic heterocycles. The van der Waals surface area contributed by atoms with Crippen LogP contribution in [-0.4, -0.2) is 12.5 Å². The van der Waals surface area contributed by atoms with Gasteiger partial charge in [0.2, 0.25) is 5.91 Å². The maximum absolute atomic E-state index is 13.5. The van der Waals surface area contributed by atoms with Crippen molar-refractivity contribution in [3.63, 3.8) is 0 Å². The summed E-state index contributed by atoms with van der Waals surface area (Å²) >= 11 is 0. The summed E-state index contributed by atoms with van der Waals surface area (Å²) in [6, 6.07) is 19.3. The molecule has 1 amide bonds. The molecule has 28 heavy (non-hydrogen) atoms. The Balaban J connectivity index is 1.83. The molecule has 0 saturated carbocycles. The number of carbonyl (C=O) groups excluding carboxylic acids is 1. The van der Waals surface area contributed by atoms with Gasteiger partial charge in [0.1, 0.15) is 0 Å². The fraction of sp³-hybridized carbons (Fsp3) is 0.208. The fourth-order valence-corrected chi connectivity index (χ4v) is 3.09. The Morgan fingerprint density at radius 3 is 2.25 bits per heavy atom. The van der Waals surface area contributed by atoms with Crippen LogP contribution in [0.5, 0.6) is 0 Å². The van der Waals surface area contributed by atoms with Crippen LogP contribution in [0.25, 0.3) is 0 Å². The first-order valence-corrected chi connectivity index (χ1v) is 9.29. The van der Waals surface area contributed by atoms with E-state index < -0.39 is 11.6 Å². The molecule has 0 unspecified atom stereocenters. The topological polar surface area (TPSA) is 20.3 Å². The van der Waals surface area contributed by atoms with Gasteiger partial charge in [-0.25, -0.2) is 8.78 Å². The molecule has 3 rings (SSSR count). The monoisotopic (exact) mass is 379 g/mol. The first kappa shape index (κ1) is 19.7. The lowest BCUT2D eigenvalue weighted by Gasteiger charge is -2.24. The molecule has 3 aromatic rings. The molecule has 2 nitrogen and oxygen atoms in total. The standard InChI is InChI=1S/C24H23F2NO/c1-17-8-10-21(14-18(17)2)27(24(28)16-19-6-4-3-5-7-19)13-12-20-9-11-22(25)23(26)15-20/h3-11,14-15H,12-13,16H2,1-2H3. The van der Waals surface area contributed by atoms with E-state index in [0.29, 0.717) is 18.5 Å². The summed E-state index contributed by atoms with van der Waals surface area (Å²) in [6.07, 6.45) is 0.718. The smallest absolute Gasteiger partial charge is 0.231 e. The molecule has 0 aliphatic rings. The third-order valence-electron chi connectivity index (χ3n) is 4.91. The second-order valence-corrected chi connectivity index (χ2v) is 6.97. The van der Waals surface area contributed by atoms with Crippen LogP contribution >= 0.6 is 0 Å². The van der Waals surface area contributed by atoms with Crippen molar-refractivity contribution in [2.24, 2.45) is 0 Å². The Morgan fingerprint density at radius 2 is 1.57 bits per heavy atom. The molecule has 0 bridgehead atoms. The summed E-state index contributed by atoms with van der Waals surface area (Å²) < 4.78 is 26.7. The van der Waals surface area contributed by atoms with E-state index in [2.05, 4.69) is 0 Å². The molecule has 4 heteroatoms. The highest BCUT2D eigenvalue weighted by Gasteiger charge is 2.17. The van der Waals surface area contributed by atoms with E-state index in [1.54, 1.807) is 11.0 Å². The zero-order valence-corrected chi connectivity index (χ0v) is 16.1. The van der Waals surface area contributed by atoms with Crippen molar-refractivity contribution in [3.8, 4) is 0 Å². The van der Waals surface area contributed by atoms with Crippen molar-refractivity contribution in [2.45, 2.75) is 26.7 Å². The second kappa shape index (κ2) is 8.79. The molecular weight excluding hydrogens is 356 g/mol. The van der Waals surface area contributed by atoms with E-state index >= 15 is 0 Å². The number of hydrogen-bond acceptors (Lipinski definition) is 1. The van der Waals surface area contributed by atoms with Crippen LogP contribution in [0.4, 0.5) is 14.5 Å². The Hall–Kier alpha value is -3.01. The highest BCUT2D eigenvalue weighted by atomic mass is 19.2. The summed E-state index contributed by atoms with van der Waals surface area (Å²) in [7, 11) is 0. The number of amides is 1. The number of anilines is 1. The van der Waals surface area contributed by atoms with Crippen molar-refractivity contribution in [2.75, 3.05) is 11.4 Å². The summed E-state index contributed by atoms with van der Waals surface area (Å²) in [5.41, 5.74) is 4.66. The van der Waals surface area contributed by atoms with Gasteiger partial charge in [0.15, 0.2) is 11.6 Å². The molecule has 0 aliphatic carbocycles. The lowest BCUT2D eigenvalue weighted by molar-refractivity contribution is -0.118. The largest absolute Gasteiger partial charge is 0.312 e. The molecule has 0 fully saturated rings. The fourth-order valence-electron chi connectivity index (χ4n) is 3.09. The average Bonchev–Trinajstić information content (AvgIpc) is 2.68. The van der Waals surface area contributed by atoms with Gasteiger partial charge in [-0.3, -0.25) is 4.79 Å². The number of benzene rings is 3. The first-order chi connectivity index (χ1) is 13.4. The maximum Gasteiger partial charge on any atom is 0.231 e. The van der Waals surface area contributed by atoms with Gasteiger partial charge in [-0.1, -0.05) is 42.5 Å². The minimum Gasteiger partial charge on any atom is -0.312 e. The second-order valence-electron chi connectivity index (χ2n) is 6.97. The van der Waals surface area contributed by atoms with Crippen LogP contribution in [0, 0.1) is 25.5 Å². The molecule has 0 N–H and O–H groups in total. The van der Waals surface area contributed by atoms with Crippen LogP contribution in [0.1, 0.15) is 22.3 Å². The van der Waals surface area contributed by atoms with E-state index in [1.807, 2.05) is 62.4 Å². The van der Waals surface area contributed by atoms with Crippen molar-refractivity contribution < 1.29 is 13.6 Å². The Labute approximate surface area is 164 Å². The first-order valence-electron chi connectivity index (χ1n) is 9.29. The molecule has 144 valence electrons. The van der Waals surface area contributed by atoms with Crippen LogP contribution in [0.3, 0.4) is 0 Å². The van der Waals surface area contributed by atoms with Crippen LogP contribution < -0.4 is 4.90 Å². The predicted octanol–water partition coefficient (Wildman–Crippen LogP) is 5.40. The van der Waals surface area contributed by atoms with Gasteiger partial charge >= 0.3 is 0 Å². The van der Waals surface area contributed by atoms with Crippen molar-refractivity contribution >= 4 is 11.6 Å². The molecule has 0 heterocycles. The van der Waals surface area contributed by atoms with Gasteiger partial charge in [0.25, 0.3) is 0 Å². The highest BCUT2D eigenvalue weighted by Crippen LogP contribution is 2.21. The molecule has 0 radical (unpaired) electrons. The summed E-state index contributed by atoms with van der Waals surface area (Å²) in [4.78, 5) is 14.8. The number of carbonyl (C=O) groups is 1. The summed E-state index contributed by atoms with van der Waals surface area (Å²) in [6.45, 7) is 4.42. The molecule has 0 aliphatic heterocycles. The lowest BCUT2D eigenvalue weighted by atomic mass is 10.1. The van der Waals surface area contributed by atoms with E-state index in [-0.39, 0.29) is 12.3 Å². The zero-order valence-electron chi connectivity index (χ0n) is 16.1. The molecule has 0 spiro atoms. The Bertz CT molecular complexity index is 970. The number of hydrogen-bond donors (Lipinski definition) is 0. The maximum atomic E-state index is 13.5. The molecule has 0 saturated heterocycles. The third kappa shape index (κ3) is 4.83. The summed E-state index contributed by atoms with van der Waals surface area (Å²) in [5, 5.41) is 0. The van der Waals surface area contributed by atoms with Gasteiger partial charge < -0.3 is 4.90 Å². The highest BCUT2D eigenvalue weighted by molar-refractivity contribution is 5.94. The third-order valence-corrected chi connectivity index (χ3v) is 4.91. The van der Waals surface area contributed by atoms with Crippen LogP contribution in [-0.2, 0) is 17.6 Å². The molecule has 0 atom stereocenters. The normalized spacial score (nSPS) is 10.7. The van der Waals surface area contributed by atoms with Gasteiger partial charge in [0, 0.05) is 12.2 Å². The minimum atomic E-state index is -0.870. The van der Waals surface area contributed by atoms with Gasteiger partial charge in [-0.2, -0.15) is 0 Å². The van der Waals surface area contributed by atoms with Gasteiger partial charge in [0.05, 0.1) is 6.42 Å². The van der Waals surface area contributed by atoms with E-state index in [0.717, 1.165) is 28.4 Å². The van der Waals surface area contributed by atoms with Crippen molar-refractivity contribution in [1.29, 1.82) is 0 Å². The quantitative estimate of drug-likeness (QED) is 0.562. The number of rotatable bonds is 6. The van der Waals surface area contributed by atoms with E-state index in [9.17, 15) is 13.6 Å². The number of nitrogens with zero attached hydrogens (tertiary/aromatic N) is 1. The van der Waals surface area contributed by atoms with Crippen molar-refractivity contribution in [3.05, 3.63) is 101 Å². The SMILES string of the molecule is Cc1ccc(N(CCc2ccc(F)c(F)c2)C(=O)Cc2ccccc2)cc1C. The lowest BCUT2D eigenvalue weighted by Crippen LogP contribution is -2.34. The van der Waals surface area contributed by atoms with Crippen LogP contribution in [0.2, 0.25) is 0 Å². The Kier molecular flexibility index (Phi) is 6.19. The van der Waals surface area contributed by atoms with Gasteiger partial charge in [-0.15, -0.1) is 0 Å². The van der Waals surface area contributed by atoms with E-state index in [4.69, 9.17) is 0 Å². The molecular formula is C24H23F2NO. The van der Waals surface area contributed by atoms with Crippen molar-refractivity contribution in [1.82, 2.24) is 0 Å². The van der Waals surface area contributed by atoms with E-state index in [1.165, 1.54) is 6.07 Å². The minimum absolute atomic E-state index is 0.0305. The van der Waals surface area contributed by atoms with Gasteiger partial charge in [-0.05, 0) is 66.8 Å². The number of halogens is 2. The number of aryl methyl sites for hydroxylation is 2. The Morgan fingerprint density at radius 1 is 0.821 bits per heavy atom. The average molecular weight is 379 g/mol.